The van der Waals surface area contributed by atoms with Crippen molar-refractivity contribution in [1.29, 1.82) is 0 Å². The van der Waals surface area contributed by atoms with Crippen LogP contribution in [0, 0.1) is 12.8 Å². The first-order valence-corrected chi connectivity index (χ1v) is 13.3. The van der Waals surface area contributed by atoms with Crippen LogP contribution in [0.3, 0.4) is 0 Å². The largest absolute Gasteiger partial charge is 0.476 e. The lowest BCUT2D eigenvalue weighted by Gasteiger charge is -2.43. The van der Waals surface area contributed by atoms with Crippen LogP contribution in [0.4, 0.5) is 4.39 Å². The molecule has 2 heterocycles. The second-order valence-corrected chi connectivity index (χ2v) is 10.4. The van der Waals surface area contributed by atoms with Gasteiger partial charge in [-0.15, -0.1) is 0 Å². The van der Waals surface area contributed by atoms with E-state index in [0.29, 0.717) is 38.5 Å². The molecule has 7 heteroatoms. The van der Waals surface area contributed by atoms with E-state index < -0.39 is 0 Å². The molecule has 0 fully saturated rings. The Hall–Kier alpha value is -2.77. The molecule has 0 radical (unpaired) electrons. The topological polar surface area (TPSA) is 54.9 Å². The summed E-state index contributed by atoms with van der Waals surface area (Å²) in [6.07, 6.45) is 4.22. The summed E-state index contributed by atoms with van der Waals surface area (Å²) in [7, 11) is 3.43. The lowest BCUT2D eigenvalue weighted by molar-refractivity contribution is -0.145. The van der Waals surface area contributed by atoms with Gasteiger partial charge in [-0.25, -0.2) is 4.98 Å². The molecule has 1 aliphatic heterocycles. The van der Waals surface area contributed by atoms with Crippen molar-refractivity contribution in [3.8, 4) is 5.88 Å². The number of pyridine rings is 1. The molecule has 0 N–H and O–H groups in total. The van der Waals surface area contributed by atoms with Crippen LogP contribution in [0.2, 0.25) is 0 Å². The summed E-state index contributed by atoms with van der Waals surface area (Å²) in [4.78, 5) is 21.5. The van der Waals surface area contributed by atoms with Crippen LogP contribution < -0.4 is 4.74 Å². The Kier molecular flexibility index (Phi) is 8.98. The molecule has 1 aliphatic carbocycles. The summed E-state index contributed by atoms with van der Waals surface area (Å²) in [6.45, 7) is 8.48. The maximum absolute atomic E-state index is 12.5. The number of aromatic nitrogens is 1. The zero-order valence-electron chi connectivity index (χ0n) is 22.8. The Morgan fingerprint density at radius 3 is 2.81 bits per heavy atom. The third-order valence-electron chi connectivity index (χ3n) is 7.81. The SMILES string of the molecule is COC(=O)[C@H](C)CN1[C@H](C)CC2=C(Cc3ccccc32)[C@H]1c1ccnc(OCCN(C)CCCF)c1C. The van der Waals surface area contributed by atoms with Gasteiger partial charge in [0.15, 0.2) is 0 Å². The third kappa shape index (κ3) is 5.88. The second kappa shape index (κ2) is 12.2. The van der Waals surface area contributed by atoms with Gasteiger partial charge < -0.3 is 14.4 Å². The van der Waals surface area contributed by atoms with E-state index in [0.717, 1.165) is 18.4 Å². The molecule has 0 amide bonds. The third-order valence-corrected chi connectivity index (χ3v) is 7.81. The predicted molar refractivity (Wildman–Crippen MR) is 144 cm³/mol. The molecule has 3 atom stereocenters. The summed E-state index contributed by atoms with van der Waals surface area (Å²) < 4.78 is 23.7. The minimum atomic E-state index is -0.305. The smallest absolute Gasteiger partial charge is 0.309 e. The number of esters is 1. The molecule has 6 nitrogen and oxygen atoms in total. The van der Waals surface area contributed by atoms with Crippen molar-refractivity contribution in [2.24, 2.45) is 5.92 Å². The lowest BCUT2D eigenvalue weighted by atomic mass is 9.83. The molecular weight excluding hydrogens is 469 g/mol. The highest BCUT2D eigenvalue weighted by atomic mass is 19.1. The fourth-order valence-electron chi connectivity index (χ4n) is 5.78. The van der Waals surface area contributed by atoms with Crippen LogP contribution in [-0.4, -0.2) is 73.9 Å². The zero-order valence-corrected chi connectivity index (χ0v) is 22.8. The minimum Gasteiger partial charge on any atom is -0.476 e. The maximum Gasteiger partial charge on any atom is 0.309 e. The number of nitrogens with zero attached hydrogens (tertiary/aromatic N) is 3. The quantitative estimate of drug-likeness (QED) is 0.397. The van der Waals surface area contributed by atoms with Crippen molar-refractivity contribution < 1.29 is 18.7 Å². The first-order chi connectivity index (χ1) is 17.8. The number of rotatable bonds is 11. The van der Waals surface area contributed by atoms with Gasteiger partial charge in [0, 0.05) is 37.4 Å². The van der Waals surface area contributed by atoms with Crippen molar-refractivity contribution >= 4 is 11.5 Å². The van der Waals surface area contributed by atoms with Crippen LogP contribution in [0.1, 0.15) is 55.0 Å². The number of likely N-dealkylation sites (N-methyl/N-ethyl adjacent to an activating group) is 1. The summed E-state index contributed by atoms with van der Waals surface area (Å²) in [5, 5.41) is 0. The van der Waals surface area contributed by atoms with Gasteiger partial charge in [-0.05, 0) is 74.1 Å². The van der Waals surface area contributed by atoms with Crippen LogP contribution in [0.25, 0.3) is 5.57 Å². The Balaban J connectivity index is 1.66. The van der Waals surface area contributed by atoms with E-state index in [4.69, 9.17) is 9.47 Å². The fraction of sp³-hybridized carbons (Fsp3) is 0.533. The number of ether oxygens (including phenoxy) is 2. The Bertz CT molecular complexity index is 1130. The van der Waals surface area contributed by atoms with E-state index in [1.165, 1.54) is 34.9 Å². The highest BCUT2D eigenvalue weighted by Crippen LogP contribution is 2.49. The summed E-state index contributed by atoms with van der Waals surface area (Å²) in [5.41, 5.74) is 7.75. The molecule has 200 valence electrons. The van der Waals surface area contributed by atoms with Crippen molar-refractivity contribution in [2.75, 3.05) is 47.1 Å². The van der Waals surface area contributed by atoms with Gasteiger partial charge in [-0.3, -0.25) is 14.1 Å². The monoisotopic (exact) mass is 509 g/mol. The van der Waals surface area contributed by atoms with E-state index in [9.17, 15) is 9.18 Å². The Morgan fingerprint density at radius 1 is 1.27 bits per heavy atom. The fourth-order valence-corrected chi connectivity index (χ4v) is 5.78. The molecule has 1 aromatic heterocycles. The van der Waals surface area contributed by atoms with Crippen LogP contribution >= 0.6 is 0 Å². The number of alkyl halides is 1. The maximum atomic E-state index is 12.5. The van der Waals surface area contributed by atoms with Crippen molar-refractivity contribution in [1.82, 2.24) is 14.8 Å². The van der Waals surface area contributed by atoms with Crippen molar-refractivity contribution in [2.45, 2.75) is 52.1 Å². The highest BCUT2D eigenvalue weighted by Gasteiger charge is 2.40. The van der Waals surface area contributed by atoms with E-state index >= 15 is 0 Å². The number of benzene rings is 1. The molecule has 0 saturated heterocycles. The molecule has 0 saturated carbocycles. The summed E-state index contributed by atoms with van der Waals surface area (Å²) in [6, 6.07) is 11.1. The summed E-state index contributed by atoms with van der Waals surface area (Å²) in [5.74, 6) is 0.208. The lowest BCUT2D eigenvalue weighted by Crippen LogP contribution is -2.44. The molecule has 0 bridgehead atoms. The number of carbonyl (C=O) groups excluding carboxylic acids is 1. The number of halogens is 1. The van der Waals surface area contributed by atoms with Gasteiger partial charge in [-0.1, -0.05) is 31.2 Å². The molecule has 4 rings (SSSR count). The van der Waals surface area contributed by atoms with Crippen LogP contribution in [0.15, 0.2) is 42.1 Å². The molecular formula is C30H40FN3O3. The number of hydrogen-bond acceptors (Lipinski definition) is 6. The van der Waals surface area contributed by atoms with Gasteiger partial charge in [0.25, 0.3) is 0 Å². The highest BCUT2D eigenvalue weighted by molar-refractivity contribution is 5.79. The number of methoxy groups -OCH3 is 1. The number of hydrogen-bond donors (Lipinski definition) is 0. The number of fused-ring (bicyclic) bond motifs is 2. The molecule has 37 heavy (non-hydrogen) atoms. The molecule has 2 aromatic rings. The zero-order chi connectivity index (χ0) is 26.5. The minimum absolute atomic E-state index is 0.0239. The summed E-state index contributed by atoms with van der Waals surface area (Å²) >= 11 is 0. The van der Waals surface area contributed by atoms with Gasteiger partial charge in [0.05, 0.1) is 25.7 Å². The van der Waals surface area contributed by atoms with Gasteiger partial charge >= 0.3 is 5.97 Å². The van der Waals surface area contributed by atoms with Gasteiger partial charge in [-0.2, -0.15) is 0 Å². The van der Waals surface area contributed by atoms with Crippen molar-refractivity contribution in [3.63, 3.8) is 0 Å². The van der Waals surface area contributed by atoms with Crippen LogP contribution in [-0.2, 0) is 16.0 Å². The first kappa shape index (κ1) is 27.3. The molecule has 0 spiro atoms. The average molecular weight is 510 g/mol. The molecule has 1 aromatic carbocycles. The average Bonchev–Trinajstić information content (AvgIpc) is 3.26. The van der Waals surface area contributed by atoms with E-state index in [1.807, 2.05) is 20.2 Å². The van der Waals surface area contributed by atoms with E-state index in [1.54, 1.807) is 0 Å². The van der Waals surface area contributed by atoms with Crippen molar-refractivity contribution in [3.05, 3.63) is 64.4 Å². The van der Waals surface area contributed by atoms with Gasteiger partial charge in [0.2, 0.25) is 5.88 Å². The Labute approximate surface area is 220 Å². The number of carbonyl (C=O) groups is 1. The van der Waals surface area contributed by atoms with E-state index in [2.05, 4.69) is 59.0 Å². The second-order valence-electron chi connectivity index (χ2n) is 10.4. The van der Waals surface area contributed by atoms with E-state index in [-0.39, 0.29) is 30.6 Å². The molecule has 0 unspecified atom stereocenters. The normalized spacial score (nSPS) is 20.1. The van der Waals surface area contributed by atoms with Crippen LogP contribution in [0.5, 0.6) is 5.88 Å². The van der Waals surface area contributed by atoms with Gasteiger partial charge in [0.1, 0.15) is 6.61 Å². The Morgan fingerprint density at radius 2 is 2.05 bits per heavy atom. The first-order valence-electron chi connectivity index (χ1n) is 13.3. The predicted octanol–water partition coefficient (Wildman–Crippen LogP) is 5.01. The molecule has 2 aliphatic rings. The standard InChI is InChI=1S/C30H40FN3O3/c1-20(30(35)36-5)19-34-21(2)17-26-25-10-7-6-9-23(25)18-27(26)28(34)24-11-13-32-29(22(24)3)37-16-15-33(4)14-8-12-31/h6-7,9-11,13,20-21,28H,8,12,14-19H2,1-5H3/t20-,21-,28-/m1/s1.